The fourth-order valence-corrected chi connectivity index (χ4v) is 2.08. The molecule has 2 aromatic heterocycles. The third-order valence-corrected chi connectivity index (χ3v) is 2.88. The van der Waals surface area contributed by atoms with Gasteiger partial charge in [-0.05, 0) is 25.5 Å². The van der Waals surface area contributed by atoms with Gasteiger partial charge in [0.15, 0.2) is 0 Å². The Labute approximate surface area is 87.5 Å². The van der Waals surface area contributed by atoms with Gasteiger partial charge in [-0.2, -0.15) is 10.2 Å². The largest absolute Gasteiger partial charge is 0.311 e. The third-order valence-electron chi connectivity index (χ3n) is 2.88. The summed E-state index contributed by atoms with van der Waals surface area (Å²) in [7, 11) is 0. The Balaban J connectivity index is 2.13. The predicted molar refractivity (Wildman–Crippen MR) is 55.9 cm³/mol. The van der Waals surface area contributed by atoms with Crippen molar-refractivity contribution in [2.24, 2.45) is 0 Å². The molecule has 1 aliphatic heterocycles. The predicted octanol–water partition coefficient (Wildman–Crippen LogP) is 0.550. The standard InChI is InChI=1S/C10H13N5/c1-7-8-2-4-11-6-9(8)14-15(7)10-3-5-12-13-10/h3,5,11H,2,4,6H2,1H3,(H,12,13). The van der Waals surface area contributed by atoms with Crippen molar-refractivity contribution in [3.8, 4) is 5.82 Å². The minimum Gasteiger partial charge on any atom is -0.311 e. The molecule has 78 valence electrons. The molecule has 0 saturated carbocycles. The van der Waals surface area contributed by atoms with Crippen molar-refractivity contribution >= 4 is 0 Å². The smallest absolute Gasteiger partial charge is 0.149 e. The average Bonchev–Trinajstić information content (AvgIpc) is 2.87. The molecule has 0 aliphatic carbocycles. The molecule has 0 unspecified atom stereocenters. The Morgan fingerprint density at radius 1 is 1.47 bits per heavy atom. The Morgan fingerprint density at radius 3 is 3.13 bits per heavy atom. The average molecular weight is 203 g/mol. The lowest BCUT2D eigenvalue weighted by atomic mass is 10.1. The first-order valence-corrected chi connectivity index (χ1v) is 5.14. The summed E-state index contributed by atoms with van der Waals surface area (Å²) in [6.07, 6.45) is 2.81. The third kappa shape index (κ3) is 1.27. The van der Waals surface area contributed by atoms with E-state index in [4.69, 9.17) is 0 Å². The number of rotatable bonds is 1. The van der Waals surface area contributed by atoms with E-state index >= 15 is 0 Å². The van der Waals surface area contributed by atoms with Gasteiger partial charge >= 0.3 is 0 Å². The fraction of sp³-hybridized carbons (Fsp3) is 0.400. The van der Waals surface area contributed by atoms with Crippen molar-refractivity contribution in [1.29, 1.82) is 0 Å². The first-order valence-electron chi connectivity index (χ1n) is 5.14. The van der Waals surface area contributed by atoms with Crippen LogP contribution in [-0.2, 0) is 13.0 Å². The maximum absolute atomic E-state index is 4.58. The van der Waals surface area contributed by atoms with Gasteiger partial charge in [-0.3, -0.25) is 5.10 Å². The first kappa shape index (κ1) is 8.67. The van der Waals surface area contributed by atoms with Crippen LogP contribution in [0.4, 0.5) is 0 Å². The highest BCUT2D eigenvalue weighted by molar-refractivity contribution is 5.33. The number of hydrogen-bond donors (Lipinski definition) is 2. The zero-order valence-electron chi connectivity index (χ0n) is 8.62. The zero-order chi connectivity index (χ0) is 10.3. The topological polar surface area (TPSA) is 58.5 Å². The molecule has 5 heteroatoms. The van der Waals surface area contributed by atoms with Crippen LogP contribution in [0.25, 0.3) is 5.82 Å². The molecular weight excluding hydrogens is 190 g/mol. The van der Waals surface area contributed by atoms with Crippen molar-refractivity contribution in [2.45, 2.75) is 19.9 Å². The first-order chi connectivity index (χ1) is 7.36. The van der Waals surface area contributed by atoms with Gasteiger partial charge in [0.25, 0.3) is 0 Å². The molecule has 0 amide bonds. The summed E-state index contributed by atoms with van der Waals surface area (Å²) in [6, 6.07) is 1.93. The Kier molecular flexibility index (Phi) is 1.85. The highest BCUT2D eigenvalue weighted by Crippen LogP contribution is 2.19. The molecule has 5 nitrogen and oxygen atoms in total. The molecule has 0 bridgehead atoms. The number of aromatic nitrogens is 4. The van der Waals surface area contributed by atoms with Crippen molar-refractivity contribution in [3.05, 3.63) is 29.2 Å². The molecule has 3 heterocycles. The summed E-state index contributed by atoms with van der Waals surface area (Å²) < 4.78 is 1.94. The minimum absolute atomic E-state index is 0.872. The number of fused-ring (bicyclic) bond motifs is 1. The molecule has 0 spiro atoms. The van der Waals surface area contributed by atoms with Gasteiger partial charge in [0, 0.05) is 18.3 Å². The number of nitrogens with zero attached hydrogens (tertiary/aromatic N) is 3. The lowest BCUT2D eigenvalue weighted by Gasteiger charge is -2.10. The normalized spacial score (nSPS) is 15.3. The van der Waals surface area contributed by atoms with Gasteiger partial charge in [-0.25, -0.2) is 4.68 Å². The van der Waals surface area contributed by atoms with Crippen LogP contribution in [0.2, 0.25) is 0 Å². The van der Waals surface area contributed by atoms with Crippen LogP contribution in [0.5, 0.6) is 0 Å². The maximum Gasteiger partial charge on any atom is 0.149 e. The molecular formula is C10H13N5. The second kappa shape index (κ2) is 3.20. The van der Waals surface area contributed by atoms with Gasteiger partial charge in [0.1, 0.15) is 5.82 Å². The molecule has 1 aliphatic rings. The maximum atomic E-state index is 4.58. The number of nitrogens with one attached hydrogen (secondary N) is 2. The quantitative estimate of drug-likeness (QED) is 0.711. The van der Waals surface area contributed by atoms with Gasteiger partial charge in [0.2, 0.25) is 0 Å². The van der Waals surface area contributed by atoms with Gasteiger partial charge in [-0.1, -0.05) is 0 Å². The molecule has 2 N–H and O–H groups in total. The lowest BCUT2D eigenvalue weighted by Crippen LogP contribution is -2.23. The van der Waals surface area contributed by atoms with E-state index in [1.54, 1.807) is 6.20 Å². The lowest BCUT2D eigenvalue weighted by molar-refractivity contribution is 0.628. The Bertz CT molecular complexity index is 468. The van der Waals surface area contributed by atoms with Crippen LogP contribution in [0.1, 0.15) is 17.0 Å². The zero-order valence-corrected chi connectivity index (χ0v) is 8.62. The molecule has 3 rings (SSSR count). The second-order valence-electron chi connectivity index (χ2n) is 3.79. The Hall–Kier alpha value is -1.62. The van der Waals surface area contributed by atoms with E-state index in [-0.39, 0.29) is 0 Å². The molecule has 0 saturated heterocycles. The van der Waals surface area contributed by atoms with Gasteiger partial charge < -0.3 is 5.32 Å². The summed E-state index contributed by atoms with van der Waals surface area (Å²) in [4.78, 5) is 0. The molecule has 0 fully saturated rings. The van der Waals surface area contributed by atoms with E-state index in [9.17, 15) is 0 Å². The van der Waals surface area contributed by atoms with E-state index in [2.05, 4.69) is 27.5 Å². The number of hydrogen-bond acceptors (Lipinski definition) is 3. The van der Waals surface area contributed by atoms with Crippen molar-refractivity contribution in [2.75, 3.05) is 6.54 Å². The van der Waals surface area contributed by atoms with Crippen LogP contribution in [0, 0.1) is 6.92 Å². The highest BCUT2D eigenvalue weighted by atomic mass is 15.4. The molecule has 0 aromatic carbocycles. The van der Waals surface area contributed by atoms with Crippen LogP contribution in [0.15, 0.2) is 12.3 Å². The summed E-state index contributed by atoms with van der Waals surface area (Å²) in [5.41, 5.74) is 3.76. The summed E-state index contributed by atoms with van der Waals surface area (Å²) in [5.74, 6) is 0.932. The molecule has 0 radical (unpaired) electrons. The van der Waals surface area contributed by atoms with Crippen LogP contribution in [0.3, 0.4) is 0 Å². The van der Waals surface area contributed by atoms with Crippen molar-refractivity contribution in [3.63, 3.8) is 0 Å². The van der Waals surface area contributed by atoms with E-state index in [1.807, 2.05) is 10.7 Å². The Morgan fingerprint density at radius 2 is 2.40 bits per heavy atom. The fourth-order valence-electron chi connectivity index (χ4n) is 2.08. The van der Waals surface area contributed by atoms with E-state index in [0.29, 0.717) is 0 Å². The molecule has 15 heavy (non-hydrogen) atoms. The number of aromatic amines is 1. The van der Waals surface area contributed by atoms with E-state index < -0.39 is 0 Å². The van der Waals surface area contributed by atoms with E-state index in [1.165, 1.54) is 11.3 Å². The van der Waals surface area contributed by atoms with E-state index in [0.717, 1.165) is 31.0 Å². The molecule has 2 aromatic rings. The van der Waals surface area contributed by atoms with Gasteiger partial charge in [-0.15, -0.1) is 0 Å². The van der Waals surface area contributed by atoms with Crippen LogP contribution >= 0.6 is 0 Å². The number of H-pyrrole nitrogens is 1. The molecule has 0 atom stereocenters. The van der Waals surface area contributed by atoms with Gasteiger partial charge in [0.05, 0.1) is 11.9 Å². The van der Waals surface area contributed by atoms with Crippen molar-refractivity contribution < 1.29 is 0 Å². The summed E-state index contributed by atoms with van der Waals surface area (Å²) in [6.45, 7) is 4.03. The SMILES string of the molecule is Cc1c2c(nn1-c1ccn[nH]1)CNCC2. The van der Waals surface area contributed by atoms with Crippen LogP contribution in [-0.4, -0.2) is 26.5 Å². The highest BCUT2D eigenvalue weighted by Gasteiger charge is 2.18. The van der Waals surface area contributed by atoms with Crippen molar-refractivity contribution in [1.82, 2.24) is 25.3 Å². The van der Waals surface area contributed by atoms with Crippen LogP contribution < -0.4 is 5.32 Å². The summed E-state index contributed by atoms with van der Waals surface area (Å²) >= 11 is 0. The minimum atomic E-state index is 0.872. The summed E-state index contributed by atoms with van der Waals surface area (Å²) in [5, 5.41) is 14.8. The second-order valence-corrected chi connectivity index (χ2v) is 3.79. The monoisotopic (exact) mass is 203 g/mol.